The molecule has 6 atom stereocenters. The number of ketones is 2. The van der Waals surface area contributed by atoms with E-state index in [1.165, 1.54) is 5.57 Å². The highest BCUT2D eigenvalue weighted by Crippen LogP contribution is 2.52. The number of hydrogen-bond donors (Lipinski definition) is 1. The Labute approximate surface area is 179 Å². The van der Waals surface area contributed by atoms with Crippen molar-refractivity contribution in [1.29, 1.82) is 0 Å². The van der Waals surface area contributed by atoms with Crippen molar-refractivity contribution in [3.8, 4) is 0 Å². The second-order valence-corrected chi connectivity index (χ2v) is 9.26. The van der Waals surface area contributed by atoms with Gasteiger partial charge in [0.2, 0.25) is 11.6 Å². The monoisotopic (exact) mass is 420 g/mol. The molecule has 1 saturated carbocycles. The first-order valence-corrected chi connectivity index (χ1v) is 11.3. The molecule has 2 fully saturated rings. The molecule has 30 heavy (non-hydrogen) atoms. The van der Waals surface area contributed by atoms with E-state index in [0.717, 1.165) is 12.8 Å². The van der Waals surface area contributed by atoms with E-state index in [0.29, 0.717) is 31.3 Å². The second-order valence-electron chi connectivity index (χ2n) is 9.26. The van der Waals surface area contributed by atoms with Crippen LogP contribution in [-0.2, 0) is 23.8 Å². The van der Waals surface area contributed by atoms with E-state index in [9.17, 15) is 14.7 Å². The zero-order chi connectivity index (χ0) is 22.2. The number of fused-ring (bicyclic) bond motifs is 1. The third-order valence-corrected chi connectivity index (χ3v) is 7.59. The number of Topliss-reactive ketones (excluding diaryl/α,β-unsaturated/α-hetero) is 1. The highest BCUT2D eigenvalue weighted by atomic mass is 16.9. The van der Waals surface area contributed by atoms with Crippen LogP contribution in [0.4, 0.5) is 0 Å². The van der Waals surface area contributed by atoms with E-state index < -0.39 is 17.5 Å². The maximum atomic E-state index is 12.4. The standard InChI is InChI=1S/C24H36O6/c1-6-24(28-7-2)29-15-21(26)23(27,30-24)13-10-16(3)20-9-8-18-14-19(25)11-12-22(18,5)17(20)4/h11-12,14,16-17,20,27H,6-10,13,15H2,1-5H3/t16?,17?,20?,22-,23+,24?/m1/s1. The molecule has 0 spiro atoms. The van der Waals surface area contributed by atoms with Crippen LogP contribution in [0.2, 0.25) is 0 Å². The van der Waals surface area contributed by atoms with Gasteiger partial charge in [-0.1, -0.05) is 39.3 Å². The van der Waals surface area contributed by atoms with Crippen molar-refractivity contribution in [2.24, 2.45) is 23.2 Å². The van der Waals surface area contributed by atoms with Crippen LogP contribution < -0.4 is 0 Å². The van der Waals surface area contributed by atoms with Crippen LogP contribution >= 0.6 is 0 Å². The molecule has 6 heteroatoms. The van der Waals surface area contributed by atoms with Crippen molar-refractivity contribution in [2.75, 3.05) is 13.2 Å². The lowest BCUT2D eigenvalue weighted by molar-refractivity contribution is -0.448. The molecule has 0 bridgehead atoms. The maximum absolute atomic E-state index is 12.4. The summed E-state index contributed by atoms with van der Waals surface area (Å²) >= 11 is 0. The highest BCUT2D eigenvalue weighted by Gasteiger charge is 2.52. The number of carbonyl (C=O) groups excluding carboxylic acids is 2. The van der Waals surface area contributed by atoms with Crippen molar-refractivity contribution >= 4 is 11.6 Å². The van der Waals surface area contributed by atoms with Gasteiger partial charge in [0.05, 0.1) is 0 Å². The number of rotatable bonds is 7. The first-order chi connectivity index (χ1) is 14.1. The summed E-state index contributed by atoms with van der Waals surface area (Å²) in [5, 5.41) is 11.0. The van der Waals surface area contributed by atoms with Crippen LogP contribution in [0, 0.1) is 23.2 Å². The largest absolute Gasteiger partial charge is 0.359 e. The minimum Gasteiger partial charge on any atom is -0.359 e. The molecule has 0 aromatic carbocycles. The molecule has 0 amide bonds. The van der Waals surface area contributed by atoms with Crippen LogP contribution in [0.5, 0.6) is 0 Å². The van der Waals surface area contributed by atoms with Gasteiger partial charge in [-0.15, -0.1) is 0 Å². The molecular weight excluding hydrogens is 384 g/mol. The van der Waals surface area contributed by atoms with Crippen molar-refractivity contribution in [3.05, 3.63) is 23.8 Å². The van der Waals surface area contributed by atoms with Gasteiger partial charge in [0.25, 0.3) is 5.97 Å². The van der Waals surface area contributed by atoms with Crippen LogP contribution in [0.3, 0.4) is 0 Å². The quantitative estimate of drug-likeness (QED) is 0.672. The fraction of sp³-hybridized carbons (Fsp3) is 0.750. The Bertz CT molecular complexity index is 742. The van der Waals surface area contributed by atoms with Crippen LogP contribution in [-0.4, -0.2) is 41.6 Å². The predicted molar refractivity (Wildman–Crippen MR) is 112 cm³/mol. The fourth-order valence-electron chi connectivity index (χ4n) is 5.34. The van der Waals surface area contributed by atoms with E-state index in [1.807, 2.05) is 13.8 Å². The van der Waals surface area contributed by atoms with Gasteiger partial charge in [0.1, 0.15) is 6.61 Å². The zero-order valence-corrected chi connectivity index (χ0v) is 18.9. The van der Waals surface area contributed by atoms with E-state index in [2.05, 4.69) is 26.8 Å². The van der Waals surface area contributed by atoms with Crippen molar-refractivity contribution < 1.29 is 28.9 Å². The summed E-state index contributed by atoms with van der Waals surface area (Å²) in [6.07, 6.45) is 8.69. The first-order valence-electron chi connectivity index (χ1n) is 11.3. The smallest absolute Gasteiger partial charge is 0.285 e. The summed E-state index contributed by atoms with van der Waals surface area (Å²) < 4.78 is 16.8. The molecule has 0 aromatic rings. The predicted octanol–water partition coefficient (Wildman–Crippen LogP) is 3.93. The molecule has 3 rings (SSSR count). The highest BCUT2D eigenvalue weighted by molar-refractivity contribution is 6.01. The van der Waals surface area contributed by atoms with Gasteiger partial charge in [-0.2, -0.15) is 0 Å². The minimum absolute atomic E-state index is 0.0762. The molecule has 1 N–H and O–H groups in total. The fourth-order valence-corrected chi connectivity index (χ4v) is 5.34. The van der Waals surface area contributed by atoms with Gasteiger partial charge in [0.15, 0.2) is 5.78 Å². The summed E-state index contributed by atoms with van der Waals surface area (Å²) in [6.45, 7) is 10.4. The van der Waals surface area contributed by atoms with Crippen LogP contribution in [0.15, 0.2) is 23.8 Å². The van der Waals surface area contributed by atoms with Gasteiger partial charge < -0.3 is 14.6 Å². The van der Waals surface area contributed by atoms with Crippen LogP contribution in [0.25, 0.3) is 0 Å². The summed E-state index contributed by atoms with van der Waals surface area (Å²) in [7, 11) is 0. The lowest BCUT2D eigenvalue weighted by atomic mass is 9.56. The van der Waals surface area contributed by atoms with Gasteiger partial charge >= 0.3 is 0 Å². The van der Waals surface area contributed by atoms with Gasteiger partial charge in [-0.3, -0.25) is 14.3 Å². The number of aliphatic hydroxyl groups is 1. The molecule has 1 aliphatic heterocycles. The lowest BCUT2D eigenvalue weighted by Crippen LogP contribution is -2.59. The number of allylic oxidation sites excluding steroid dienone is 4. The number of carbonyl (C=O) groups is 2. The Kier molecular flexibility index (Phi) is 6.73. The van der Waals surface area contributed by atoms with Crippen molar-refractivity contribution in [1.82, 2.24) is 0 Å². The van der Waals surface area contributed by atoms with Crippen molar-refractivity contribution in [3.63, 3.8) is 0 Å². The Morgan fingerprint density at radius 3 is 2.73 bits per heavy atom. The normalized spacial score (nSPS) is 40.1. The topological polar surface area (TPSA) is 82.1 Å². The molecule has 0 aromatic heterocycles. The third kappa shape index (κ3) is 4.20. The molecule has 6 nitrogen and oxygen atoms in total. The Balaban J connectivity index is 1.68. The molecule has 1 saturated heterocycles. The van der Waals surface area contributed by atoms with Gasteiger partial charge in [0, 0.05) is 24.9 Å². The molecule has 3 aliphatic rings. The molecular formula is C24H36O6. The van der Waals surface area contributed by atoms with E-state index >= 15 is 0 Å². The molecule has 1 heterocycles. The molecule has 4 unspecified atom stereocenters. The Morgan fingerprint density at radius 2 is 2.07 bits per heavy atom. The molecule has 168 valence electrons. The second kappa shape index (κ2) is 8.65. The van der Waals surface area contributed by atoms with Crippen molar-refractivity contribution in [2.45, 2.75) is 78.5 Å². The average Bonchev–Trinajstić information content (AvgIpc) is 2.71. The van der Waals surface area contributed by atoms with Crippen LogP contribution in [0.1, 0.15) is 66.7 Å². The summed E-state index contributed by atoms with van der Waals surface area (Å²) in [6, 6.07) is 0. The minimum atomic E-state index is -1.89. The zero-order valence-electron chi connectivity index (χ0n) is 18.9. The maximum Gasteiger partial charge on any atom is 0.285 e. The first kappa shape index (κ1) is 23.3. The lowest BCUT2D eigenvalue weighted by Gasteiger charge is -2.48. The van der Waals surface area contributed by atoms with Gasteiger partial charge in [-0.25, -0.2) is 0 Å². The third-order valence-electron chi connectivity index (χ3n) is 7.59. The number of hydrogen-bond acceptors (Lipinski definition) is 6. The summed E-state index contributed by atoms with van der Waals surface area (Å²) in [5.74, 6) is -2.57. The van der Waals surface area contributed by atoms with Gasteiger partial charge in [-0.05, 0) is 56.1 Å². The summed E-state index contributed by atoms with van der Waals surface area (Å²) in [5.41, 5.74) is 1.11. The Morgan fingerprint density at radius 1 is 1.33 bits per heavy atom. The average molecular weight is 421 g/mol. The number of ether oxygens (including phenoxy) is 3. The molecule has 2 aliphatic carbocycles. The summed E-state index contributed by atoms with van der Waals surface area (Å²) in [4.78, 5) is 24.2. The molecule has 0 radical (unpaired) electrons. The van der Waals surface area contributed by atoms with E-state index in [1.54, 1.807) is 12.2 Å². The van der Waals surface area contributed by atoms with E-state index in [4.69, 9.17) is 14.2 Å². The van der Waals surface area contributed by atoms with E-state index in [-0.39, 0.29) is 30.1 Å². The SMILES string of the molecule is CCOC1(CC)OCC(=O)[C@](O)(CCC(C)C2CCC3=CC(=O)C=C[C@]3(C)C2C)O1. The Hall–Kier alpha value is -1.34.